The second-order valence-corrected chi connectivity index (χ2v) is 7.44. The van der Waals surface area contributed by atoms with Crippen molar-refractivity contribution in [1.29, 1.82) is 0 Å². The first kappa shape index (κ1) is 15.4. The topological polar surface area (TPSA) is 55.3 Å². The molecule has 7 heteroatoms. The van der Waals surface area contributed by atoms with Crippen molar-refractivity contribution in [3.8, 4) is 10.4 Å². The van der Waals surface area contributed by atoms with E-state index in [0.717, 1.165) is 21.0 Å². The molecule has 0 atom stereocenters. The highest BCUT2D eigenvalue weighted by atomic mass is 32.2. The van der Waals surface area contributed by atoms with E-state index in [2.05, 4.69) is 28.2 Å². The van der Waals surface area contributed by atoms with E-state index in [1.165, 1.54) is 10.4 Å². The summed E-state index contributed by atoms with van der Waals surface area (Å²) in [4.78, 5) is 24.2. The van der Waals surface area contributed by atoms with Gasteiger partial charge in [0.2, 0.25) is 0 Å². The zero-order chi connectivity index (χ0) is 16.4. The van der Waals surface area contributed by atoms with Gasteiger partial charge in [0.25, 0.3) is 0 Å². The van der Waals surface area contributed by atoms with Crippen molar-refractivity contribution < 1.29 is 9.53 Å². The maximum atomic E-state index is 11.5. The first-order valence-electron chi connectivity index (χ1n) is 7.66. The van der Waals surface area contributed by atoms with Crippen molar-refractivity contribution in [2.45, 2.75) is 5.03 Å². The Kier molecular flexibility index (Phi) is 4.36. The molecule has 2 aromatic heterocycles. The van der Waals surface area contributed by atoms with Gasteiger partial charge in [-0.15, -0.1) is 23.1 Å². The molecular weight excluding hydrogens is 342 g/mol. The van der Waals surface area contributed by atoms with E-state index in [1.807, 2.05) is 18.2 Å². The summed E-state index contributed by atoms with van der Waals surface area (Å²) >= 11 is 3.33. The number of hydrogen-bond acceptors (Lipinski definition) is 6. The Bertz CT molecular complexity index is 867. The van der Waals surface area contributed by atoms with Gasteiger partial charge < -0.3 is 9.64 Å². The number of hydrogen-bond donors (Lipinski definition) is 0. The van der Waals surface area contributed by atoms with Crippen molar-refractivity contribution in [3.05, 3.63) is 42.7 Å². The number of nitrogens with zero attached hydrogens (tertiary/aromatic N) is 3. The number of ether oxygens (including phenoxy) is 1. The zero-order valence-corrected chi connectivity index (χ0v) is 14.5. The molecule has 0 aliphatic carbocycles. The molecule has 0 unspecified atom stereocenters. The average molecular weight is 357 g/mol. The lowest BCUT2D eigenvalue weighted by Crippen LogP contribution is -2.26. The Morgan fingerprint density at radius 2 is 2.12 bits per heavy atom. The van der Waals surface area contributed by atoms with Crippen molar-refractivity contribution in [2.24, 2.45) is 0 Å². The molecule has 122 valence electrons. The molecule has 0 radical (unpaired) electrons. The fourth-order valence-corrected chi connectivity index (χ4v) is 4.58. The normalized spacial score (nSPS) is 14.3. The van der Waals surface area contributed by atoms with Crippen LogP contribution in [0.5, 0.6) is 0 Å². The van der Waals surface area contributed by atoms with Gasteiger partial charge in [0.1, 0.15) is 22.8 Å². The summed E-state index contributed by atoms with van der Waals surface area (Å²) < 4.78 is 4.94. The third kappa shape index (κ3) is 3.09. The van der Waals surface area contributed by atoms with Crippen LogP contribution in [0.4, 0.5) is 4.79 Å². The van der Waals surface area contributed by atoms with E-state index in [4.69, 9.17) is 4.74 Å². The number of carbonyl (C=O) groups is 1. The first-order valence-corrected chi connectivity index (χ1v) is 9.46. The first-order chi connectivity index (χ1) is 11.8. The minimum Gasteiger partial charge on any atom is -0.448 e. The Hall–Kier alpha value is -2.12. The minimum absolute atomic E-state index is 0.217. The quantitative estimate of drug-likeness (QED) is 0.512. The highest BCUT2D eigenvalue weighted by Crippen LogP contribution is 2.36. The summed E-state index contributed by atoms with van der Waals surface area (Å²) in [7, 11) is 0. The van der Waals surface area contributed by atoms with Crippen LogP contribution in [0.15, 0.2) is 47.8 Å². The van der Waals surface area contributed by atoms with Crippen LogP contribution in [0, 0.1) is 0 Å². The molecule has 1 aliphatic heterocycles. The Balaban J connectivity index is 1.53. The molecule has 1 amide bonds. The van der Waals surface area contributed by atoms with Gasteiger partial charge in [-0.1, -0.05) is 30.3 Å². The number of aromatic nitrogens is 2. The molecule has 0 N–H and O–H groups in total. The summed E-state index contributed by atoms with van der Waals surface area (Å²) in [6.07, 6.45) is 1.39. The molecule has 3 aromatic rings. The fourth-order valence-electron chi connectivity index (χ4n) is 2.57. The van der Waals surface area contributed by atoms with Crippen LogP contribution in [0.25, 0.3) is 20.7 Å². The molecule has 24 heavy (non-hydrogen) atoms. The highest BCUT2D eigenvalue weighted by molar-refractivity contribution is 7.99. The van der Waals surface area contributed by atoms with Gasteiger partial charge in [-0.2, -0.15) is 0 Å². The van der Waals surface area contributed by atoms with E-state index in [1.54, 1.807) is 34.3 Å². The van der Waals surface area contributed by atoms with Gasteiger partial charge in [-0.25, -0.2) is 14.8 Å². The Morgan fingerprint density at radius 1 is 1.25 bits per heavy atom. The summed E-state index contributed by atoms with van der Waals surface area (Å²) in [5.41, 5.74) is 1.19. The molecule has 1 saturated heterocycles. The second-order valence-electron chi connectivity index (χ2n) is 5.32. The summed E-state index contributed by atoms with van der Waals surface area (Å²) in [5, 5.41) is 2.04. The van der Waals surface area contributed by atoms with Crippen LogP contribution in [0.1, 0.15) is 0 Å². The molecule has 0 saturated carbocycles. The predicted molar refractivity (Wildman–Crippen MR) is 96.5 cm³/mol. The zero-order valence-electron chi connectivity index (χ0n) is 12.8. The van der Waals surface area contributed by atoms with Crippen molar-refractivity contribution in [3.63, 3.8) is 0 Å². The molecule has 1 aromatic carbocycles. The molecule has 0 bridgehead atoms. The third-order valence-corrected chi connectivity index (χ3v) is 5.87. The number of cyclic esters (lactones) is 1. The molecular formula is C17H15N3O2S2. The number of benzene rings is 1. The van der Waals surface area contributed by atoms with Crippen LogP contribution in [-0.4, -0.2) is 46.4 Å². The monoisotopic (exact) mass is 357 g/mol. The van der Waals surface area contributed by atoms with Crippen LogP contribution < -0.4 is 0 Å². The number of amides is 1. The highest BCUT2D eigenvalue weighted by Gasteiger charge is 2.21. The van der Waals surface area contributed by atoms with E-state index in [9.17, 15) is 4.79 Å². The smallest absolute Gasteiger partial charge is 0.409 e. The van der Waals surface area contributed by atoms with Gasteiger partial charge in [0.15, 0.2) is 0 Å². The second kappa shape index (κ2) is 6.78. The van der Waals surface area contributed by atoms with Gasteiger partial charge in [-0.3, -0.25) is 0 Å². The molecule has 5 nitrogen and oxygen atoms in total. The molecule has 1 fully saturated rings. The third-order valence-electron chi connectivity index (χ3n) is 3.80. The van der Waals surface area contributed by atoms with Crippen molar-refractivity contribution in [1.82, 2.24) is 14.9 Å². The van der Waals surface area contributed by atoms with E-state index in [0.29, 0.717) is 19.7 Å². The SMILES string of the molecule is O=C1OCCN1CCSc1ncnc2sc(-c3ccccc3)cc12. The number of rotatable bonds is 5. The molecule has 3 heterocycles. The maximum absolute atomic E-state index is 11.5. The molecule has 1 aliphatic rings. The number of carbonyl (C=O) groups excluding carboxylic acids is 1. The number of thioether (sulfide) groups is 1. The van der Waals surface area contributed by atoms with Crippen molar-refractivity contribution in [2.75, 3.05) is 25.4 Å². The van der Waals surface area contributed by atoms with Gasteiger partial charge in [0.05, 0.1) is 6.54 Å². The van der Waals surface area contributed by atoms with Crippen LogP contribution >= 0.6 is 23.1 Å². The Morgan fingerprint density at radius 3 is 2.92 bits per heavy atom. The van der Waals surface area contributed by atoms with Crippen LogP contribution in [0.3, 0.4) is 0 Å². The van der Waals surface area contributed by atoms with E-state index < -0.39 is 0 Å². The average Bonchev–Trinajstić information content (AvgIpc) is 3.23. The van der Waals surface area contributed by atoms with Crippen LogP contribution in [-0.2, 0) is 4.74 Å². The van der Waals surface area contributed by atoms with Gasteiger partial charge >= 0.3 is 6.09 Å². The van der Waals surface area contributed by atoms with E-state index in [-0.39, 0.29) is 6.09 Å². The lowest BCUT2D eigenvalue weighted by Gasteiger charge is -2.11. The number of thiophene rings is 1. The standard InChI is InChI=1S/C17H15N3O2S2/c21-17-20(6-8-22-17)7-9-23-15-13-10-14(12-4-2-1-3-5-12)24-16(13)19-11-18-15/h1-5,10-11H,6-9H2. The van der Waals surface area contributed by atoms with Gasteiger partial charge in [0, 0.05) is 22.6 Å². The van der Waals surface area contributed by atoms with Crippen LogP contribution in [0.2, 0.25) is 0 Å². The lowest BCUT2D eigenvalue weighted by atomic mass is 10.2. The Labute approximate surface area is 147 Å². The summed E-state index contributed by atoms with van der Waals surface area (Å²) in [5.74, 6) is 0.789. The minimum atomic E-state index is -0.217. The summed E-state index contributed by atoms with van der Waals surface area (Å²) in [6.45, 7) is 1.84. The lowest BCUT2D eigenvalue weighted by molar-refractivity contribution is 0.160. The number of fused-ring (bicyclic) bond motifs is 1. The maximum Gasteiger partial charge on any atom is 0.409 e. The fraction of sp³-hybridized carbons (Fsp3) is 0.235. The van der Waals surface area contributed by atoms with Gasteiger partial charge in [-0.05, 0) is 11.6 Å². The largest absolute Gasteiger partial charge is 0.448 e. The molecule has 0 spiro atoms. The van der Waals surface area contributed by atoms with E-state index >= 15 is 0 Å². The van der Waals surface area contributed by atoms with Crippen molar-refractivity contribution >= 4 is 39.4 Å². The predicted octanol–water partition coefficient (Wildman–Crippen LogP) is 3.90. The summed E-state index contributed by atoms with van der Waals surface area (Å²) in [6, 6.07) is 12.4. The molecule has 4 rings (SSSR count).